The molecule has 0 aromatic rings. The number of likely N-dealkylation sites (N-methyl/N-ethyl adjacent to an activating group) is 2. The van der Waals surface area contributed by atoms with Crippen LogP contribution in [0.2, 0.25) is 0 Å². The molecule has 5 aliphatic rings. The average Bonchev–Trinajstić information content (AvgIpc) is 3.37. The summed E-state index contributed by atoms with van der Waals surface area (Å²) in [6.07, 6.45) is 3.25. The van der Waals surface area contributed by atoms with Crippen molar-refractivity contribution in [2.45, 2.75) is 86.7 Å². The quantitative estimate of drug-likeness (QED) is 0.491. The Balaban J connectivity index is 1.28. The first-order valence-corrected chi connectivity index (χ1v) is 13.0. The number of fused-ring (bicyclic) bond motifs is 2. The highest BCUT2D eigenvalue weighted by Crippen LogP contribution is 2.44. The Kier molecular flexibility index (Phi) is 6.40. The fourth-order valence-corrected chi connectivity index (χ4v) is 7.25. The molecular weight excluding hydrogens is 449 g/mol. The van der Waals surface area contributed by atoms with E-state index < -0.39 is 23.1 Å². The van der Waals surface area contributed by atoms with E-state index in [0.29, 0.717) is 25.9 Å². The Morgan fingerprint density at radius 2 is 1.97 bits per heavy atom. The van der Waals surface area contributed by atoms with E-state index in [2.05, 4.69) is 22.7 Å². The zero-order valence-corrected chi connectivity index (χ0v) is 20.3. The molecule has 10 heteroatoms. The van der Waals surface area contributed by atoms with Crippen LogP contribution in [0.15, 0.2) is 0 Å². The second-order valence-electron chi connectivity index (χ2n) is 10.7. The molecule has 3 aliphatic heterocycles. The van der Waals surface area contributed by atoms with Gasteiger partial charge in [0.05, 0.1) is 23.6 Å². The van der Waals surface area contributed by atoms with Crippen LogP contribution in [-0.4, -0.2) is 106 Å². The van der Waals surface area contributed by atoms with Crippen LogP contribution < -0.4 is 10.9 Å². The number of aliphatic hydroxyl groups excluding tert-OH is 1. The molecule has 5 rings (SSSR count). The number of amides is 2. The van der Waals surface area contributed by atoms with Crippen LogP contribution in [0.1, 0.15) is 45.4 Å². The molecule has 3 heterocycles. The summed E-state index contributed by atoms with van der Waals surface area (Å²) in [5.41, 5.74) is 6.02. The third-order valence-electron chi connectivity index (χ3n) is 9.21. The number of nitrogens with one attached hydrogen (secondary N) is 2. The van der Waals surface area contributed by atoms with Gasteiger partial charge in [-0.15, -0.1) is 11.6 Å². The summed E-state index contributed by atoms with van der Waals surface area (Å²) in [6.45, 7) is 3.94. The lowest BCUT2D eigenvalue weighted by Crippen LogP contribution is -2.56. The Morgan fingerprint density at radius 3 is 2.64 bits per heavy atom. The van der Waals surface area contributed by atoms with E-state index in [1.165, 1.54) is 0 Å². The van der Waals surface area contributed by atoms with Gasteiger partial charge in [-0.2, -0.15) is 0 Å². The number of carbonyl (C=O) groups is 2. The summed E-state index contributed by atoms with van der Waals surface area (Å²) in [6, 6.07) is -0.389. The van der Waals surface area contributed by atoms with E-state index in [4.69, 9.17) is 11.6 Å². The van der Waals surface area contributed by atoms with Crippen molar-refractivity contribution in [1.29, 1.82) is 0 Å². The Hall–Kier alpha value is -1.00. The third kappa shape index (κ3) is 3.88. The van der Waals surface area contributed by atoms with Gasteiger partial charge in [0.2, 0.25) is 11.8 Å². The van der Waals surface area contributed by atoms with Gasteiger partial charge in [0, 0.05) is 38.1 Å². The minimum Gasteiger partial charge on any atom is -0.394 e. The zero-order valence-electron chi connectivity index (χ0n) is 19.6. The summed E-state index contributed by atoms with van der Waals surface area (Å²) >= 11 is 6.45. The monoisotopic (exact) mass is 485 g/mol. The number of hydrogen-bond donors (Lipinski definition) is 3. The molecule has 8 atom stereocenters. The Labute approximate surface area is 200 Å². The van der Waals surface area contributed by atoms with Crippen molar-refractivity contribution in [2.75, 3.05) is 33.3 Å². The molecule has 2 aliphatic carbocycles. The second kappa shape index (κ2) is 8.90. The lowest BCUT2D eigenvalue weighted by atomic mass is 9.83. The molecule has 0 aromatic heterocycles. The highest BCUT2D eigenvalue weighted by Gasteiger charge is 2.54. The van der Waals surface area contributed by atoms with Gasteiger partial charge in [-0.1, -0.05) is 6.92 Å². The van der Waals surface area contributed by atoms with Gasteiger partial charge in [-0.25, -0.2) is 9.82 Å². The van der Waals surface area contributed by atoms with Gasteiger partial charge in [-0.05, 0) is 51.0 Å². The predicted octanol–water partition coefficient (Wildman–Crippen LogP) is 0.482. The van der Waals surface area contributed by atoms with Crippen molar-refractivity contribution in [1.82, 2.24) is 25.6 Å². The number of alkyl halides is 2. The van der Waals surface area contributed by atoms with Crippen LogP contribution in [0.25, 0.3) is 0 Å². The van der Waals surface area contributed by atoms with Gasteiger partial charge in [0.15, 0.2) is 0 Å². The van der Waals surface area contributed by atoms with Crippen LogP contribution in [0.5, 0.6) is 0 Å². The molecule has 8 nitrogen and oxygen atoms in total. The first-order valence-electron chi connectivity index (χ1n) is 12.5. The third-order valence-corrected chi connectivity index (χ3v) is 9.81. The number of rotatable bonds is 5. The maximum atomic E-state index is 14.3. The number of hydrazine groups is 1. The normalized spacial score (nSPS) is 42.0. The molecule has 0 aromatic carbocycles. The topological polar surface area (TPSA) is 88.2 Å². The van der Waals surface area contributed by atoms with Gasteiger partial charge >= 0.3 is 0 Å². The summed E-state index contributed by atoms with van der Waals surface area (Å²) in [5, 5.41) is 9.21. The lowest BCUT2D eigenvalue weighted by Gasteiger charge is -2.40. The summed E-state index contributed by atoms with van der Waals surface area (Å²) in [7, 11) is 1.77. The maximum absolute atomic E-state index is 14.3. The SMILES string of the molecule is CCN1C(C(=O)N2CCC3NNC(C(=O)N(C)C4(CO)CC4)C3C2)CC2C(Cl)C(F)CCC21. The number of likely N-dealkylation sites (tertiary alicyclic amines) is 2. The van der Waals surface area contributed by atoms with E-state index >= 15 is 0 Å². The fourth-order valence-electron chi connectivity index (χ4n) is 6.85. The second-order valence-corrected chi connectivity index (χ2v) is 11.2. The van der Waals surface area contributed by atoms with Crippen LogP contribution in [0.3, 0.4) is 0 Å². The van der Waals surface area contributed by atoms with Gasteiger partial charge < -0.3 is 14.9 Å². The van der Waals surface area contributed by atoms with E-state index in [1.807, 2.05) is 4.90 Å². The zero-order chi connectivity index (χ0) is 23.5. The van der Waals surface area contributed by atoms with Crippen LogP contribution in [0, 0.1) is 11.8 Å². The predicted molar refractivity (Wildman–Crippen MR) is 122 cm³/mol. The molecule has 0 bridgehead atoms. The minimum atomic E-state index is -0.996. The summed E-state index contributed by atoms with van der Waals surface area (Å²) in [5.74, 6) is 0.0381. The number of nitrogens with zero attached hydrogens (tertiary/aromatic N) is 3. The number of aliphatic hydroxyl groups is 1. The number of piperidine rings is 1. The fraction of sp³-hybridized carbons (Fsp3) is 0.913. The van der Waals surface area contributed by atoms with Gasteiger partial charge in [0.1, 0.15) is 12.2 Å². The minimum absolute atomic E-state index is 0.00728. The first kappa shape index (κ1) is 23.7. The van der Waals surface area contributed by atoms with E-state index in [0.717, 1.165) is 32.2 Å². The van der Waals surface area contributed by atoms with E-state index in [9.17, 15) is 19.1 Å². The average molecular weight is 486 g/mol. The molecule has 2 saturated carbocycles. The maximum Gasteiger partial charge on any atom is 0.241 e. The standard InChI is InChI=1S/C23H37ClFN5O3/c1-3-30-17-5-4-15(25)19(24)13(17)10-18(30)21(32)29-9-6-16-14(11-29)20(27-26-16)22(33)28(2)23(12-31)7-8-23/h13-20,26-27,31H,3-12H2,1-2H3. The molecule has 0 spiro atoms. The molecule has 5 fully saturated rings. The van der Waals surface area contributed by atoms with Crippen molar-refractivity contribution in [2.24, 2.45) is 11.8 Å². The summed E-state index contributed by atoms with van der Waals surface area (Å²) < 4.78 is 14.3. The van der Waals surface area contributed by atoms with E-state index in [1.54, 1.807) is 11.9 Å². The van der Waals surface area contributed by atoms with Crippen LogP contribution in [-0.2, 0) is 9.59 Å². The van der Waals surface area contributed by atoms with Crippen LogP contribution in [0.4, 0.5) is 4.39 Å². The Bertz CT molecular complexity index is 785. The van der Waals surface area contributed by atoms with Crippen molar-refractivity contribution in [3.8, 4) is 0 Å². The summed E-state index contributed by atoms with van der Waals surface area (Å²) in [4.78, 5) is 32.8. The largest absolute Gasteiger partial charge is 0.394 e. The molecular formula is C23H37ClFN5O3. The Morgan fingerprint density at radius 1 is 1.21 bits per heavy atom. The van der Waals surface area contributed by atoms with Crippen LogP contribution >= 0.6 is 11.6 Å². The molecule has 3 saturated heterocycles. The number of hydrogen-bond acceptors (Lipinski definition) is 6. The molecule has 2 amide bonds. The molecule has 186 valence electrons. The highest BCUT2D eigenvalue weighted by atomic mass is 35.5. The smallest absolute Gasteiger partial charge is 0.241 e. The molecule has 33 heavy (non-hydrogen) atoms. The van der Waals surface area contributed by atoms with Crippen molar-refractivity contribution >= 4 is 23.4 Å². The molecule has 8 unspecified atom stereocenters. The van der Waals surface area contributed by atoms with Gasteiger partial charge in [0.25, 0.3) is 0 Å². The molecule has 0 radical (unpaired) electrons. The van der Waals surface area contributed by atoms with Crippen molar-refractivity contribution in [3.05, 3.63) is 0 Å². The number of halogens is 2. The van der Waals surface area contributed by atoms with Crippen molar-refractivity contribution in [3.63, 3.8) is 0 Å². The highest BCUT2D eigenvalue weighted by molar-refractivity contribution is 6.21. The molecule has 3 N–H and O–H groups in total. The lowest BCUT2D eigenvalue weighted by molar-refractivity contribution is -0.141. The first-order chi connectivity index (χ1) is 15.8. The van der Waals surface area contributed by atoms with E-state index in [-0.39, 0.29) is 48.4 Å². The van der Waals surface area contributed by atoms with Gasteiger partial charge in [-0.3, -0.25) is 19.9 Å². The number of carbonyl (C=O) groups excluding carboxylic acids is 2. The van der Waals surface area contributed by atoms with Crippen molar-refractivity contribution < 1.29 is 19.1 Å².